The van der Waals surface area contributed by atoms with Crippen LogP contribution in [0, 0.1) is 5.92 Å². The van der Waals surface area contributed by atoms with E-state index in [0.717, 1.165) is 45.2 Å². The highest BCUT2D eigenvalue weighted by atomic mass is 16.6. The van der Waals surface area contributed by atoms with Crippen LogP contribution < -0.4 is 5.32 Å². The second-order valence-electron chi connectivity index (χ2n) is 4.90. The lowest BCUT2D eigenvalue weighted by atomic mass is 9.85. The van der Waals surface area contributed by atoms with Crippen molar-refractivity contribution >= 4 is 0 Å². The average Bonchev–Trinajstić information content (AvgIpc) is 2.67. The molecule has 1 N–H and O–H groups in total. The molecule has 2 aliphatic rings. The molecule has 0 saturated carbocycles. The molecule has 15 heavy (non-hydrogen) atoms. The number of nitrogens with one attached hydrogen (secondary N) is 1. The van der Waals surface area contributed by atoms with E-state index in [9.17, 15) is 0 Å². The summed E-state index contributed by atoms with van der Waals surface area (Å²) < 4.78 is 11.4. The van der Waals surface area contributed by atoms with Gasteiger partial charge in [-0.05, 0) is 38.3 Å². The summed E-state index contributed by atoms with van der Waals surface area (Å²) in [7, 11) is 0. The third-order valence-corrected chi connectivity index (χ3v) is 3.52. The minimum absolute atomic E-state index is 0.0802. The summed E-state index contributed by atoms with van der Waals surface area (Å²) in [4.78, 5) is 0. The monoisotopic (exact) mass is 213 g/mol. The van der Waals surface area contributed by atoms with E-state index in [0.29, 0.717) is 0 Å². The van der Waals surface area contributed by atoms with Crippen LogP contribution in [0.1, 0.15) is 32.6 Å². The minimum Gasteiger partial charge on any atom is -0.378 e. The number of hydrogen-bond acceptors (Lipinski definition) is 3. The van der Waals surface area contributed by atoms with Crippen LogP contribution in [0.15, 0.2) is 0 Å². The molecule has 2 heterocycles. The van der Waals surface area contributed by atoms with Crippen molar-refractivity contribution in [3.05, 3.63) is 0 Å². The highest BCUT2D eigenvalue weighted by molar-refractivity contribution is 4.90. The van der Waals surface area contributed by atoms with Gasteiger partial charge in [-0.25, -0.2) is 0 Å². The van der Waals surface area contributed by atoms with Gasteiger partial charge in [-0.15, -0.1) is 0 Å². The van der Waals surface area contributed by atoms with Crippen LogP contribution in [0.25, 0.3) is 0 Å². The van der Waals surface area contributed by atoms with Crippen molar-refractivity contribution in [3.8, 4) is 0 Å². The van der Waals surface area contributed by atoms with Gasteiger partial charge in [-0.3, -0.25) is 0 Å². The van der Waals surface area contributed by atoms with Crippen LogP contribution >= 0.6 is 0 Å². The Hall–Kier alpha value is -0.120. The summed E-state index contributed by atoms with van der Waals surface area (Å²) in [6.07, 6.45) is 4.71. The van der Waals surface area contributed by atoms with Crippen LogP contribution in [0.2, 0.25) is 0 Å². The first-order chi connectivity index (χ1) is 7.35. The lowest BCUT2D eigenvalue weighted by Gasteiger charge is -2.37. The largest absolute Gasteiger partial charge is 0.378 e. The normalized spacial score (nSPS) is 36.2. The van der Waals surface area contributed by atoms with Gasteiger partial charge in [-0.1, -0.05) is 6.92 Å². The van der Waals surface area contributed by atoms with Crippen LogP contribution in [-0.2, 0) is 9.47 Å². The predicted molar refractivity (Wildman–Crippen MR) is 60.0 cm³/mol. The van der Waals surface area contributed by atoms with E-state index >= 15 is 0 Å². The molecular weight excluding hydrogens is 190 g/mol. The Morgan fingerprint density at radius 2 is 2.33 bits per heavy atom. The van der Waals surface area contributed by atoms with Gasteiger partial charge in [-0.2, -0.15) is 0 Å². The Morgan fingerprint density at radius 1 is 1.40 bits per heavy atom. The van der Waals surface area contributed by atoms with Crippen LogP contribution in [0.3, 0.4) is 0 Å². The number of ether oxygens (including phenoxy) is 2. The summed E-state index contributed by atoms with van der Waals surface area (Å²) in [5.41, 5.74) is 0.0802. The molecule has 0 aromatic carbocycles. The van der Waals surface area contributed by atoms with Crippen molar-refractivity contribution < 1.29 is 9.47 Å². The van der Waals surface area contributed by atoms with E-state index < -0.39 is 0 Å². The van der Waals surface area contributed by atoms with Gasteiger partial charge in [0.1, 0.15) is 0 Å². The van der Waals surface area contributed by atoms with E-state index in [1.54, 1.807) is 0 Å². The van der Waals surface area contributed by atoms with Crippen molar-refractivity contribution in [1.29, 1.82) is 0 Å². The van der Waals surface area contributed by atoms with Gasteiger partial charge in [0.25, 0.3) is 0 Å². The smallest absolute Gasteiger partial charge is 0.0939 e. The van der Waals surface area contributed by atoms with E-state index in [4.69, 9.17) is 9.47 Å². The summed E-state index contributed by atoms with van der Waals surface area (Å²) in [5.74, 6) is 0.784. The van der Waals surface area contributed by atoms with Gasteiger partial charge >= 0.3 is 0 Å². The minimum atomic E-state index is 0.0802. The van der Waals surface area contributed by atoms with Gasteiger partial charge in [0.2, 0.25) is 0 Å². The van der Waals surface area contributed by atoms with E-state index in [2.05, 4.69) is 12.2 Å². The summed E-state index contributed by atoms with van der Waals surface area (Å²) in [6.45, 7) is 7.12. The summed E-state index contributed by atoms with van der Waals surface area (Å²) >= 11 is 0. The first-order valence-electron chi connectivity index (χ1n) is 6.27. The maximum atomic E-state index is 5.91. The van der Waals surface area contributed by atoms with Crippen LogP contribution in [0.5, 0.6) is 0 Å². The zero-order valence-corrected chi connectivity index (χ0v) is 9.76. The van der Waals surface area contributed by atoms with Gasteiger partial charge in [0.15, 0.2) is 0 Å². The maximum Gasteiger partial charge on any atom is 0.0939 e. The lowest BCUT2D eigenvalue weighted by molar-refractivity contribution is -0.0972. The molecule has 0 bridgehead atoms. The highest BCUT2D eigenvalue weighted by Crippen LogP contribution is 2.35. The summed E-state index contributed by atoms with van der Waals surface area (Å²) in [5, 5.41) is 3.51. The standard InChI is InChI=1S/C12H23NO2/c1-2-5-13-9-11-3-6-15-12(8-11)4-7-14-10-12/h11,13H,2-10H2,1H3. The third-order valence-electron chi connectivity index (χ3n) is 3.52. The predicted octanol–water partition coefficient (Wildman–Crippen LogP) is 1.57. The molecule has 88 valence electrons. The Morgan fingerprint density at radius 3 is 3.07 bits per heavy atom. The molecule has 0 aliphatic carbocycles. The number of hydrogen-bond donors (Lipinski definition) is 1. The Kier molecular flexibility index (Phi) is 4.00. The van der Waals surface area contributed by atoms with E-state index in [-0.39, 0.29) is 5.60 Å². The van der Waals surface area contributed by atoms with Crippen molar-refractivity contribution in [2.45, 2.75) is 38.2 Å². The second-order valence-corrected chi connectivity index (χ2v) is 4.90. The Balaban J connectivity index is 1.76. The lowest BCUT2D eigenvalue weighted by Crippen LogP contribution is -2.43. The molecule has 2 fully saturated rings. The molecule has 2 aliphatic heterocycles. The fourth-order valence-electron chi connectivity index (χ4n) is 2.65. The quantitative estimate of drug-likeness (QED) is 0.719. The zero-order chi connectivity index (χ0) is 10.6. The molecule has 3 heteroatoms. The van der Waals surface area contributed by atoms with Crippen molar-refractivity contribution in [1.82, 2.24) is 5.32 Å². The van der Waals surface area contributed by atoms with Crippen LogP contribution in [0.4, 0.5) is 0 Å². The SMILES string of the molecule is CCCNCC1CCOC2(CCOC2)C1. The molecule has 2 unspecified atom stereocenters. The molecular formula is C12H23NO2. The topological polar surface area (TPSA) is 30.5 Å². The van der Waals surface area contributed by atoms with E-state index in [1.807, 2.05) is 0 Å². The molecule has 0 aromatic rings. The Bertz CT molecular complexity index is 190. The van der Waals surface area contributed by atoms with Gasteiger partial charge in [0, 0.05) is 19.6 Å². The molecule has 0 radical (unpaired) electrons. The average molecular weight is 213 g/mol. The molecule has 0 aromatic heterocycles. The van der Waals surface area contributed by atoms with Crippen molar-refractivity contribution in [3.63, 3.8) is 0 Å². The second kappa shape index (κ2) is 5.28. The molecule has 3 nitrogen and oxygen atoms in total. The fourth-order valence-corrected chi connectivity index (χ4v) is 2.65. The van der Waals surface area contributed by atoms with Crippen molar-refractivity contribution in [2.24, 2.45) is 5.92 Å². The fraction of sp³-hybridized carbons (Fsp3) is 1.00. The zero-order valence-electron chi connectivity index (χ0n) is 9.76. The first kappa shape index (κ1) is 11.4. The number of rotatable bonds is 4. The van der Waals surface area contributed by atoms with E-state index in [1.165, 1.54) is 19.3 Å². The molecule has 0 amide bonds. The third kappa shape index (κ3) is 2.92. The maximum absolute atomic E-state index is 5.91. The Labute approximate surface area is 92.5 Å². The van der Waals surface area contributed by atoms with Crippen LogP contribution in [-0.4, -0.2) is 38.5 Å². The summed E-state index contributed by atoms with van der Waals surface area (Å²) in [6, 6.07) is 0. The molecule has 2 saturated heterocycles. The van der Waals surface area contributed by atoms with Gasteiger partial charge in [0.05, 0.1) is 12.2 Å². The molecule has 2 rings (SSSR count). The molecule has 1 spiro atoms. The molecule has 2 atom stereocenters. The first-order valence-corrected chi connectivity index (χ1v) is 6.27. The van der Waals surface area contributed by atoms with Crippen molar-refractivity contribution in [2.75, 3.05) is 32.9 Å². The highest BCUT2D eigenvalue weighted by Gasteiger charge is 2.40. The van der Waals surface area contributed by atoms with Gasteiger partial charge < -0.3 is 14.8 Å².